The Hall–Kier alpha value is -3.22. The first kappa shape index (κ1) is 16.2. The zero-order valence-electron chi connectivity index (χ0n) is 12.6. The maximum Gasteiger partial charge on any atom is 0.308 e. The molecule has 0 aromatic heterocycles. The molecule has 0 aliphatic rings. The van der Waals surface area contributed by atoms with Gasteiger partial charge in [-0.2, -0.15) is 0 Å². The fourth-order valence-corrected chi connectivity index (χ4v) is 1.72. The topological polar surface area (TPSA) is 91.0 Å². The van der Waals surface area contributed by atoms with Crippen molar-refractivity contribution in [3.63, 3.8) is 0 Å². The first-order valence-electron chi connectivity index (χ1n) is 6.70. The molecular weight excluding hydrogens is 300 g/mol. The maximum atomic E-state index is 12.0. The lowest BCUT2D eigenvalue weighted by molar-refractivity contribution is -0.435. The number of nitrogens with zero attached hydrogens (tertiary/aromatic N) is 2. The lowest BCUT2D eigenvalue weighted by Crippen LogP contribution is -2.01. The second-order valence-corrected chi connectivity index (χ2v) is 4.55. The Labute approximate surface area is 132 Å². The van der Waals surface area contributed by atoms with E-state index in [1.807, 2.05) is 0 Å². The van der Waals surface area contributed by atoms with Crippen molar-refractivity contribution in [1.82, 2.24) is 0 Å². The molecule has 118 valence electrons. The summed E-state index contributed by atoms with van der Waals surface area (Å²) in [6.07, 6.45) is 0. The number of esters is 2. The van der Waals surface area contributed by atoms with Crippen molar-refractivity contribution in [1.29, 1.82) is 0 Å². The van der Waals surface area contributed by atoms with Gasteiger partial charge in [0.25, 0.3) is 0 Å². The number of hydrogen-bond acceptors (Lipinski definition) is 6. The van der Waals surface area contributed by atoms with Gasteiger partial charge < -0.3 is 14.7 Å². The van der Waals surface area contributed by atoms with Gasteiger partial charge in [-0.25, -0.2) is 0 Å². The van der Waals surface area contributed by atoms with Crippen LogP contribution in [0.4, 0.5) is 11.4 Å². The van der Waals surface area contributed by atoms with Gasteiger partial charge in [-0.15, -0.1) is 0 Å². The molecule has 0 fully saturated rings. The Morgan fingerprint density at radius 3 is 1.74 bits per heavy atom. The second-order valence-electron chi connectivity index (χ2n) is 4.55. The number of benzene rings is 2. The van der Waals surface area contributed by atoms with Gasteiger partial charge in [0, 0.05) is 31.1 Å². The minimum absolute atomic E-state index is 0.282. The van der Waals surface area contributed by atoms with E-state index in [4.69, 9.17) is 9.47 Å². The molecule has 7 heteroatoms. The summed E-state index contributed by atoms with van der Waals surface area (Å²) in [4.78, 5) is 22.1. The highest BCUT2D eigenvalue weighted by Gasteiger charge is 2.06. The minimum Gasteiger partial charge on any atom is -0.594 e. The van der Waals surface area contributed by atoms with E-state index in [-0.39, 0.29) is 5.69 Å². The van der Waals surface area contributed by atoms with Gasteiger partial charge in [-0.3, -0.25) is 9.59 Å². The van der Waals surface area contributed by atoms with Crippen molar-refractivity contribution in [2.24, 2.45) is 5.11 Å². The fourth-order valence-electron chi connectivity index (χ4n) is 1.72. The maximum absolute atomic E-state index is 12.0. The SMILES string of the molecule is CC(=O)Oc1ccc(N=[N+]([O-])c2ccc(OC(C)=O)cc2)cc1. The first-order valence-corrected chi connectivity index (χ1v) is 6.70. The van der Waals surface area contributed by atoms with Crippen molar-refractivity contribution < 1.29 is 23.9 Å². The molecule has 2 rings (SSSR count). The van der Waals surface area contributed by atoms with Crippen LogP contribution in [0.15, 0.2) is 53.6 Å². The smallest absolute Gasteiger partial charge is 0.308 e. The average molecular weight is 314 g/mol. The van der Waals surface area contributed by atoms with Gasteiger partial charge in [0.1, 0.15) is 17.2 Å². The number of ether oxygens (including phenoxy) is 2. The molecular formula is C16H14N2O5. The summed E-state index contributed by atoms with van der Waals surface area (Å²) >= 11 is 0. The predicted molar refractivity (Wildman–Crippen MR) is 80.9 cm³/mol. The molecule has 0 aliphatic carbocycles. The van der Waals surface area contributed by atoms with Crippen LogP contribution >= 0.6 is 0 Å². The van der Waals surface area contributed by atoms with Gasteiger partial charge in [0.15, 0.2) is 0 Å². The summed E-state index contributed by atoms with van der Waals surface area (Å²) in [5.41, 5.74) is 0.685. The Morgan fingerprint density at radius 1 is 0.870 bits per heavy atom. The van der Waals surface area contributed by atoms with E-state index in [1.54, 1.807) is 12.1 Å². The van der Waals surface area contributed by atoms with Crippen molar-refractivity contribution in [2.45, 2.75) is 13.8 Å². The lowest BCUT2D eigenvalue weighted by Gasteiger charge is -2.03. The Kier molecular flexibility index (Phi) is 5.03. The largest absolute Gasteiger partial charge is 0.594 e. The van der Waals surface area contributed by atoms with Gasteiger partial charge >= 0.3 is 11.9 Å². The molecule has 0 saturated heterocycles. The van der Waals surface area contributed by atoms with Crippen LogP contribution in [-0.2, 0) is 9.59 Å². The molecule has 0 aliphatic heterocycles. The van der Waals surface area contributed by atoms with Crippen molar-refractivity contribution in [3.05, 3.63) is 53.7 Å². The molecule has 0 N–H and O–H groups in total. The third kappa shape index (κ3) is 4.92. The highest BCUT2D eigenvalue weighted by Crippen LogP contribution is 2.22. The summed E-state index contributed by atoms with van der Waals surface area (Å²) in [5, 5.41) is 15.8. The van der Waals surface area contributed by atoms with Crippen LogP contribution in [0.2, 0.25) is 0 Å². The van der Waals surface area contributed by atoms with E-state index in [2.05, 4.69) is 5.11 Å². The zero-order chi connectivity index (χ0) is 16.8. The van der Waals surface area contributed by atoms with Crippen LogP contribution in [-0.4, -0.2) is 16.8 Å². The van der Waals surface area contributed by atoms with E-state index in [9.17, 15) is 14.8 Å². The predicted octanol–water partition coefficient (Wildman–Crippen LogP) is 3.46. The number of hydrogen-bond donors (Lipinski definition) is 0. The highest BCUT2D eigenvalue weighted by atomic mass is 16.5. The molecule has 0 unspecified atom stereocenters. The summed E-state index contributed by atoms with van der Waals surface area (Å²) in [6.45, 7) is 2.60. The Morgan fingerprint density at radius 2 is 1.30 bits per heavy atom. The zero-order valence-corrected chi connectivity index (χ0v) is 12.6. The van der Waals surface area contributed by atoms with Gasteiger partial charge in [0.2, 0.25) is 5.69 Å². The monoisotopic (exact) mass is 314 g/mol. The third-order valence-electron chi connectivity index (χ3n) is 2.62. The van der Waals surface area contributed by atoms with Crippen LogP contribution < -0.4 is 9.47 Å². The molecule has 0 saturated carbocycles. The third-order valence-corrected chi connectivity index (χ3v) is 2.62. The molecule has 2 aromatic rings. The summed E-state index contributed by atoms with van der Waals surface area (Å²) in [7, 11) is 0. The fraction of sp³-hybridized carbons (Fsp3) is 0.125. The second kappa shape index (κ2) is 7.17. The number of azo groups is 1. The van der Waals surface area contributed by atoms with Crippen molar-refractivity contribution >= 4 is 23.3 Å². The molecule has 0 radical (unpaired) electrons. The molecule has 0 spiro atoms. The first-order chi connectivity index (χ1) is 10.9. The van der Waals surface area contributed by atoms with Crippen LogP contribution in [0.25, 0.3) is 0 Å². The molecule has 0 amide bonds. The van der Waals surface area contributed by atoms with Crippen LogP contribution in [0.1, 0.15) is 13.8 Å². The number of rotatable bonds is 4. The van der Waals surface area contributed by atoms with E-state index >= 15 is 0 Å². The van der Waals surface area contributed by atoms with E-state index < -0.39 is 11.9 Å². The quantitative estimate of drug-likeness (QED) is 0.283. The van der Waals surface area contributed by atoms with Gasteiger partial charge in [-0.1, -0.05) is 4.86 Å². The molecule has 0 heterocycles. The Balaban J connectivity index is 2.12. The molecule has 2 aromatic carbocycles. The van der Waals surface area contributed by atoms with Crippen molar-refractivity contribution in [2.75, 3.05) is 0 Å². The molecule has 0 bridgehead atoms. The standard InChI is InChI=1S/C16H14N2O5/c1-11(19)22-15-7-3-13(4-8-15)17-18(21)14-5-9-16(10-6-14)23-12(2)20/h3-10H,1-2H3. The minimum atomic E-state index is -0.436. The van der Waals surface area contributed by atoms with Crippen LogP contribution in [0.3, 0.4) is 0 Å². The van der Waals surface area contributed by atoms with Crippen LogP contribution in [0, 0.1) is 5.21 Å². The normalized spacial score (nSPS) is 11.0. The Bertz CT molecular complexity index is 736. The van der Waals surface area contributed by atoms with E-state index in [0.29, 0.717) is 22.0 Å². The summed E-state index contributed by atoms with van der Waals surface area (Å²) in [5.74, 6) is -0.137. The molecule has 7 nitrogen and oxygen atoms in total. The number of carbonyl (C=O) groups is 2. The van der Waals surface area contributed by atoms with Crippen molar-refractivity contribution in [3.8, 4) is 11.5 Å². The van der Waals surface area contributed by atoms with Crippen LogP contribution in [0.5, 0.6) is 11.5 Å². The van der Waals surface area contributed by atoms with E-state index in [1.165, 1.54) is 50.2 Å². The van der Waals surface area contributed by atoms with Gasteiger partial charge in [-0.05, 0) is 36.4 Å². The lowest BCUT2D eigenvalue weighted by atomic mass is 10.3. The average Bonchev–Trinajstić information content (AvgIpc) is 2.49. The molecule has 23 heavy (non-hydrogen) atoms. The van der Waals surface area contributed by atoms with Gasteiger partial charge in [0.05, 0.1) is 0 Å². The number of carbonyl (C=O) groups excluding carboxylic acids is 2. The summed E-state index contributed by atoms with van der Waals surface area (Å²) < 4.78 is 9.77. The molecule has 0 atom stereocenters. The highest BCUT2D eigenvalue weighted by molar-refractivity contribution is 5.69. The summed E-state index contributed by atoms with van der Waals surface area (Å²) in [6, 6.07) is 12.2. The van der Waals surface area contributed by atoms with E-state index in [0.717, 1.165) is 0 Å².